The van der Waals surface area contributed by atoms with Crippen molar-refractivity contribution in [3.63, 3.8) is 0 Å². The molecule has 0 spiro atoms. The third kappa shape index (κ3) is 6.71. The van der Waals surface area contributed by atoms with Crippen LogP contribution in [0.2, 0.25) is 0 Å². The predicted molar refractivity (Wildman–Crippen MR) is 57.1 cm³/mol. The molecule has 0 saturated carbocycles. The quantitative estimate of drug-likeness (QED) is 0.428. The molecule has 0 bridgehead atoms. The lowest BCUT2D eigenvalue weighted by Gasteiger charge is -2.12. The van der Waals surface area contributed by atoms with Crippen molar-refractivity contribution in [3.8, 4) is 0 Å². The molecule has 1 atom stereocenters. The van der Waals surface area contributed by atoms with Gasteiger partial charge in [-0.25, -0.2) is 0 Å². The van der Waals surface area contributed by atoms with Gasteiger partial charge in [0.2, 0.25) is 0 Å². The molecule has 12 heavy (non-hydrogen) atoms. The van der Waals surface area contributed by atoms with Gasteiger partial charge in [-0.2, -0.15) is 0 Å². The van der Waals surface area contributed by atoms with Gasteiger partial charge in [-0.15, -0.1) is 0 Å². The average Bonchev–Trinajstić information content (AvgIpc) is 2.11. The number of rotatable bonds is 8. The van der Waals surface area contributed by atoms with Gasteiger partial charge in [0.05, 0.1) is 0 Å². The molecule has 1 nitrogen and oxygen atoms in total. The smallest absolute Gasteiger partial charge is 0.176 e. The van der Waals surface area contributed by atoms with Crippen molar-refractivity contribution >= 4 is 17.4 Å². The maximum Gasteiger partial charge on any atom is 0.176 e. The number of unbranched alkanes of at least 4 members (excludes halogenated alkanes) is 1. The molecular formula is C10H20OS. The molecule has 0 aromatic rings. The lowest BCUT2D eigenvalue weighted by molar-refractivity contribution is 0.442. The van der Waals surface area contributed by atoms with Crippen LogP contribution in [0.3, 0.4) is 0 Å². The van der Waals surface area contributed by atoms with Gasteiger partial charge >= 0.3 is 0 Å². The summed E-state index contributed by atoms with van der Waals surface area (Å²) in [6.07, 6.45) is 6.44. The molecule has 0 rings (SSSR count). The van der Waals surface area contributed by atoms with E-state index in [4.69, 9.17) is 0 Å². The van der Waals surface area contributed by atoms with Crippen LogP contribution in [0.4, 0.5) is 0 Å². The summed E-state index contributed by atoms with van der Waals surface area (Å²) >= 11 is 1.40. The Morgan fingerprint density at radius 1 is 1.33 bits per heavy atom. The van der Waals surface area contributed by atoms with Crippen molar-refractivity contribution in [2.75, 3.05) is 5.75 Å². The van der Waals surface area contributed by atoms with Gasteiger partial charge < -0.3 is 0 Å². The van der Waals surface area contributed by atoms with Crippen LogP contribution in [0.1, 0.15) is 46.0 Å². The Labute approximate surface area is 80.3 Å². The first-order valence-corrected chi connectivity index (χ1v) is 5.95. The number of carbonyl (C=O) groups excluding carboxylic acids is 1. The van der Waals surface area contributed by atoms with Gasteiger partial charge in [-0.05, 0) is 12.3 Å². The van der Waals surface area contributed by atoms with Gasteiger partial charge in [0, 0.05) is 5.75 Å². The minimum absolute atomic E-state index is 0.845. The molecule has 0 aromatic heterocycles. The maximum absolute atomic E-state index is 10.1. The van der Waals surface area contributed by atoms with Crippen molar-refractivity contribution in [3.05, 3.63) is 0 Å². The minimum Gasteiger partial charge on any atom is -0.291 e. The Morgan fingerprint density at radius 2 is 2.08 bits per heavy atom. The van der Waals surface area contributed by atoms with Crippen LogP contribution in [0.25, 0.3) is 0 Å². The molecule has 0 N–H and O–H groups in total. The summed E-state index contributed by atoms with van der Waals surface area (Å²) in [5.41, 5.74) is 0.951. The Morgan fingerprint density at radius 3 is 2.58 bits per heavy atom. The zero-order valence-corrected chi connectivity index (χ0v) is 9.03. The SMILES string of the molecule is CCCCC(CC)CCSC=O. The van der Waals surface area contributed by atoms with E-state index < -0.39 is 0 Å². The summed E-state index contributed by atoms with van der Waals surface area (Å²) in [6.45, 7) is 4.47. The van der Waals surface area contributed by atoms with E-state index >= 15 is 0 Å². The molecule has 0 heterocycles. The third-order valence-corrected chi connectivity index (χ3v) is 2.86. The first-order valence-electron chi connectivity index (χ1n) is 4.90. The molecule has 0 amide bonds. The van der Waals surface area contributed by atoms with Crippen LogP contribution < -0.4 is 0 Å². The number of hydrogen-bond donors (Lipinski definition) is 0. The van der Waals surface area contributed by atoms with Crippen LogP contribution in [-0.2, 0) is 4.79 Å². The Balaban J connectivity index is 3.32. The van der Waals surface area contributed by atoms with Crippen molar-refractivity contribution in [1.29, 1.82) is 0 Å². The molecule has 0 radical (unpaired) electrons. The standard InChI is InChI=1S/C10H20OS/c1-3-5-6-10(4-2)7-8-12-9-11/h9-10H,3-8H2,1-2H3. The second-order valence-electron chi connectivity index (χ2n) is 3.17. The van der Waals surface area contributed by atoms with Gasteiger partial charge in [-0.3, -0.25) is 4.79 Å². The van der Waals surface area contributed by atoms with E-state index in [1.807, 2.05) is 0 Å². The summed E-state index contributed by atoms with van der Waals surface area (Å²) in [4.78, 5) is 10.1. The molecule has 0 fully saturated rings. The van der Waals surface area contributed by atoms with E-state index in [1.165, 1.54) is 43.9 Å². The van der Waals surface area contributed by atoms with Gasteiger partial charge in [0.15, 0.2) is 5.62 Å². The molecule has 0 aliphatic rings. The van der Waals surface area contributed by atoms with E-state index in [9.17, 15) is 4.79 Å². The Hall–Kier alpha value is 0.0200. The van der Waals surface area contributed by atoms with Crippen LogP contribution in [0, 0.1) is 5.92 Å². The van der Waals surface area contributed by atoms with Crippen LogP contribution in [-0.4, -0.2) is 11.4 Å². The van der Waals surface area contributed by atoms with E-state index in [1.54, 1.807) is 0 Å². The largest absolute Gasteiger partial charge is 0.291 e. The average molecular weight is 188 g/mol. The normalized spacial score (nSPS) is 12.8. The third-order valence-electron chi connectivity index (χ3n) is 2.26. The molecule has 0 aromatic carbocycles. The topological polar surface area (TPSA) is 17.1 Å². The van der Waals surface area contributed by atoms with Crippen molar-refractivity contribution < 1.29 is 4.79 Å². The zero-order chi connectivity index (χ0) is 9.23. The summed E-state index contributed by atoms with van der Waals surface area (Å²) in [6, 6.07) is 0. The molecule has 2 heteroatoms. The maximum atomic E-state index is 10.1. The summed E-state index contributed by atoms with van der Waals surface area (Å²) in [5, 5.41) is 0. The van der Waals surface area contributed by atoms with Crippen LogP contribution in [0.15, 0.2) is 0 Å². The fourth-order valence-corrected chi connectivity index (χ4v) is 1.89. The van der Waals surface area contributed by atoms with Crippen LogP contribution in [0.5, 0.6) is 0 Å². The highest BCUT2D eigenvalue weighted by atomic mass is 32.2. The zero-order valence-electron chi connectivity index (χ0n) is 8.21. The van der Waals surface area contributed by atoms with Gasteiger partial charge in [-0.1, -0.05) is 51.3 Å². The lowest BCUT2D eigenvalue weighted by Crippen LogP contribution is -2.00. The van der Waals surface area contributed by atoms with Crippen molar-refractivity contribution in [2.45, 2.75) is 46.0 Å². The fourth-order valence-electron chi connectivity index (χ4n) is 1.33. The minimum atomic E-state index is 0.845. The summed E-state index contributed by atoms with van der Waals surface area (Å²) < 4.78 is 0. The highest BCUT2D eigenvalue weighted by molar-refractivity contribution is 8.11. The molecule has 0 aliphatic carbocycles. The van der Waals surface area contributed by atoms with Crippen molar-refractivity contribution in [1.82, 2.24) is 0 Å². The first kappa shape index (κ1) is 12.0. The second kappa shape index (κ2) is 9.11. The molecule has 0 aliphatic heterocycles. The lowest BCUT2D eigenvalue weighted by atomic mass is 9.97. The van der Waals surface area contributed by atoms with Crippen molar-refractivity contribution in [2.24, 2.45) is 5.92 Å². The van der Waals surface area contributed by atoms with E-state index in [2.05, 4.69) is 13.8 Å². The second-order valence-corrected chi connectivity index (χ2v) is 4.11. The molecular weight excluding hydrogens is 168 g/mol. The monoisotopic (exact) mass is 188 g/mol. The number of hydrogen-bond acceptors (Lipinski definition) is 2. The Bertz CT molecular complexity index is 104. The highest BCUT2D eigenvalue weighted by Gasteiger charge is 2.04. The van der Waals surface area contributed by atoms with Crippen LogP contribution >= 0.6 is 11.8 Å². The summed E-state index contributed by atoms with van der Waals surface area (Å²) in [7, 11) is 0. The van der Waals surface area contributed by atoms with E-state index in [0.29, 0.717) is 0 Å². The highest BCUT2D eigenvalue weighted by Crippen LogP contribution is 2.18. The van der Waals surface area contributed by atoms with Gasteiger partial charge in [0.1, 0.15) is 0 Å². The molecule has 0 saturated heterocycles. The van der Waals surface area contributed by atoms with E-state index in [-0.39, 0.29) is 0 Å². The number of carbonyl (C=O) groups is 1. The van der Waals surface area contributed by atoms with E-state index in [0.717, 1.165) is 17.3 Å². The predicted octanol–water partition coefficient (Wildman–Crippen LogP) is 3.52. The summed E-state index contributed by atoms with van der Waals surface area (Å²) in [5.74, 6) is 1.85. The van der Waals surface area contributed by atoms with Gasteiger partial charge in [0.25, 0.3) is 0 Å². The molecule has 72 valence electrons. The number of thioether (sulfide) groups is 1. The molecule has 1 unspecified atom stereocenters. The fraction of sp³-hybridized carbons (Fsp3) is 0.900. The first-order chi connectivity index (χ1) is 5.85. The Kier molecular flexibility index (Phi) is 9.13.